The lowest BCUT2D eigenvalue weighted by Crippen LogP contribution is -2.31. The second-order valence-electron chi connectivity index (χ2n) is 22.0. The number of likely N-dealkylation sites (N-methyl/N-ethyl adjacent to an activating group) is 3. The minimum atomic E-state index is -1.05. The van der Waals surface area contributed by atoms with Gasteiger partial charge in [-0.1, -0.05) is 47.0 Å². The van der Waals surface area contributed by atoms with Crippen LogP contribution < -0.4 is 0 Å². The van der Waals surface area contributed by atoms with Gasteiger partial charge in [-0.25, -0.2) is 9.97 Å². The highest BCUT2D eigenvalue weighted by atomic mass is 35.5. The quantitative estimate of drug-likeness (QED) is 0.128. The van der Waals surface area contributed by atoms with Crippen molar-refractivity contribution in [2.75, 3.05) is 40.8 Å². The lowest BCUT2D eigenvalue weighted by molar-refractivity contribution is 0.0375. The Bertz CT molecular complexity index is 3530. The first kappa shape index (κ1) is 53.4. The SMILES string of the molecule is CN1CCc2c(c3cc(Cl)ccc3n2CC(C)(O)c2cncnc2)C1.Cc1ccc(C(C)(O)Cn2c3c(c4cc(Cl)ccc42)CN(C)CC3)cn1.Cc1ccc2c(c1)c1c(n2C[C@@H](O)c2ccc(C)nc2)CCN(C)C1. The molecule has 3 aliphatic heterocycles. The molecule has 0 radical (unpaired) electrons. The Labute approximate surface area is 456 Å². The Morgan fingerprint density at radius 3 is 1.47 bits per heavy atom. The smallest absolute Gasteiger partial charge is 0.115 e. The van der Waals surface area contributed by atoms with Gasteiger partial charge in [-0.3, -0.25) is 9.97 Å². The highest BCUT2D eigenvalue weighted by Gasteiger charge is 2.32. The van der Waals surface area contributed by atoms with Crippen molar-refractivity contribution in [2.45, 2.75) is 110 Å². The summed E-state index contributed by atoms with van der Waals surface area (Å²) in [5.74, 6) is 0. The van der Waals surface area contributed by atoms with E-state index in [1.807, 2.05) is 82.3 Å². The molecule has 0 aliphatic carbocycles. The molecule has 3 aromatic carbocycles. The van der Waals surface area contributed by atoms with Crippen molar-refractivity contribution in [1.29, 1.82) is 0 Å². The highest BCUT2D eigenvalue weighted by molar-refractivity contribution is 6.31. The number of rotatable bonds is 9. The first-order valence-electron chi connectivity index (χ1n) is 26.3. The van der Waals surface area contributed by atoms with Gasteiger partial charge in [-0.15, -0.1) is 0 Å². The van der Waals surface area contributed by atoms with E-state index in [1.54, 1.807) is 24.8 Å². The number of halogens is 2. The molecule has 15 heteroatoms. The molecule has 3 aliphatic rings. The van der Waals surface area contributed by atoms with E-state index in [2.05, 4.69) is 101 Å². The van der Waals surface area contributed by atoms with E-state index in [0.717, 1.165) is 102 Å². The summed E-state index contributed by atoms with van der Waals surface area (Å²) in [7, 11) is 6.45. The Balaban J connectivity index is 0.000000130. The van der Waals surface area contributed by atoms with Crippen LogP contribution in [0.25, 0.3) is 32.7 Å². The van der Waals surface area contributed by atoms with Crippen LogP contribution in [0.2, 0.25) is 10.0 Å². The third-order valence-electron chi connectivity index (χ3n) is 15.7. The molecule has 0 saturated carbocycles. The van der Waals surface area contributed by atoms with Gasteiger partial charge < -0.3 is 43.7 Å². The summed E-state index contributed by atoms with van der Waals surface area (Å²) >= 11 is 12.5. The van der Waals surface area contributed by atoms with Crippen LogP contribution in [0.3, 0.4) is 0 Å². The lowest BCUT2D eigenvalue weighted by atomic mass is 9.97. The number of nitrogens with zero attached hydrogens (tertiary/aromatic N) is 10. The Kier molecular flexibility index (Phi) is 15.3. The molecule has 12 rings (SSSR count). The van der Waals surface area contributed by atoms with Crippen molar-refractivity contribution in [1.82, 2.24) is 48.3 Å². The maximum Gasteiger partial charge on any atom is 0.115 e. The molecule has 0 fully saturated rings. The average molecular weight is 1060 g/mol. The number of aromatic nitrogens is 7. The van der Waals surface area contributed by atoms with E-state index >= 15 is 0 Å². The number of pyridine rings is 2. The first-order valence-corrected chi connectivity index (χ1v) is 27.1. The molecule has 9 heterocycles. The molecule has 0 amide bonds. The molecule has 3 N–H and O–H groups in total. The van der Waals surface area contributed by atoms with Gasteiger partial charge in [0.25, 0.3) is 0 Å². The van der Waals surface area contributed by atoms with Gasteiger partial charge in [0.05, 0.1) is 25.7 Å². The highest BCUT2D eigenvalue weighted by Crippen LogP contribution is 2.38. The van der Waals surface area contributed by atoms with Crippen LogP contribution in [0, 0.1) is 20.8 Å². The van der Waals surface area contributed by atoms with Gasteiger partial charge in [-0.05, 0) is 133 Å². The summed E-state index contributed by atoms with van der Waals surface area (Å²) in [5.41, 5.74) is 15.1. The van der Waals surface area contributed by atoms with Crippen LogP contribution in [-0.2, 0) is 69.7 Å². The van der Waals surface area contributed by atoms with E-state index in [4.69, 9.17) is 23.2 Å². The monoisotopic (exact) mass is 1060 g/mol. The Morgan fingerprint density at radius 2 is 0.987 bits per heavy atom. The van der Waals surface area contributed by atoms with Gasteiger partial charge in [0, 0.05) is 171 Å². The fraction of sp³-hybridized carbons (Fsp3) is 0.377. The van der Waals surface area contributed by atoms with Crippen molar-refractivity contribution >= 4 is 55.9 Å². The topological polar surface area (TPSA) is 137 Å². The molecule has 9 aromatic rings. The van der Waals surface area contributed by atoms with E-state index in [9.17, 15) is 15.3 Å². The molecular weight excluding hydrogens is 992 g/mol. The van der Waals surface area contributed by atoms with Gasteiger partial charge in [0.1, 0.15) is 17.5 Å². The lowest BCUT2D eigenvalue weighted by Gasteiger charge is -2.28. The molecule has 0 spiro atoms. The van der Waals surface area contributed by atoms with Crippen molar-refractivity contribution in [3.05, 3.63) is 187 Å². The number of benzene rings is 3. The number of aliphatic hydroxyl groups excluding tert-OH is 1. The van der Waals surface area contributed by atoms with Crippen LogP contribution in [0.1, 0.15) is 87.4 Å². The molecule has 0 bridgehead atoms. The second-order valence-corrected chi connectivity index (χ2v) is 22.9. The fourth-order valence-corrected chi connectivity index (χ4v) is 11.8. The minimum Gasteiger partial charge on any atom is -0.386 e. The number of aliphatic hydroxyl groups is 3. The summed E-state index contributed by atoms with van der Waals surface area (Å²) in [5, 5.41) is 38.3. The van der Waals surface area contributed by atoms with Crippen molar-refractivity contribution in [3.63, 3.8) is 0 Å². The predicted molar refractivity (Wildman–Crippen MR) is 305 cm³/mol. The number of fused-ring (bicyclic) bond motifs is 9. The number of hydrogen-bond acceptors (Lipinski definition) is 10. The fourth-order valence-electron chi connectivity index (χ4n) is 11.5. The van der Waals surface area contributed by atoms with Gasteiger partial charge in [0.15, 0.2) is 0 Å². The molecule has 0 saturated heterocycles. The zero-order valence-corrected chi connectivity index (χ0v) is 46.5. The second kappa shape index (κ2) is 21.8. The summed E-state index contributed by atoms with van der Waals surface area (Å²) in [6, 6.07) is 26.5. The maximum absolute atomic E-state index is 11.2. The third kappa shape index (κ3) is 11.1. The van der Waals surface area contributed by atoms with Crippen molar-refractivity contribution in [3.8, 4) is 0 Å². The summed E-state index contributed by atoms with van der Waals surface area (Å²) in [6.45, 7) is 17.1. The van der Waals surface area contributed by atoms with E-state index in [0.29, 0.717) is 25.2 Å². The molecule has 13 nitrogen and oxygen atoms in total. The van der Waals surface area contributed by atoms with E-state index < -0.39 is 17.3 Å². The minimum absolute atomic E-state index is 0.456. The third-order valence-corrected chi connectivity index (χ3v) is 16.2. The van der Waals surface area contributed by atoms with E-state index in [-0.39, 0.29) is 0 Å². The summed E-state index contributed by atoms with van der Waals surface area (Å²) in [4.78, 5) is 23.8. The van der Waals surface area contributed by atoms with Crippen LogP contribution >= 0.6 is 23.2 Å². The molecule has 6 aromatic heterocycles. The number of hydrogen-bond donors (Lipinski definition) is 3. The zero-order chi connectivity index (χ0) is 53.6. The van der Waals surface area contributed by atoms with Gasteiger partial charge in [-0.2, -0.15) is 0 Å². The molecule has 3 atom stereocenters. The van der Waals surface area contributed by atoms with Crippen LogP contribution in [-0.4, -0.2) is 104 Å². The number of aryl methyl sites for hydroxylation is 3. The van der Waals surface area contributed by atoms with E-state index in [1.165, 1.54) is 67.3 Å². The normalized spacial score (nSPS) is 17.0. The average Bonchev–Trinajstić information content (AvgIpc) is 4.00. The molecule has 76 heavy (non-hydrogen) atoms. The van der Waals surface area contributed by atoms with Crippen LogP contribution in [0.15, 0.2) is 110 Å². The standard InChI is InChI=1S/C21H24ClN3O.C21H25N3O.C19H21ClN4O/c1-14-4-5-15(11-23-14)21(2,26)13-25-19-7-6-16(22)10-17(19)18-12-24(3)9-8-20(18)25;1-14-4-7-19-17(10-14)18-12-23(3)9-8-20(18)24(19)13-21(25)16-6-5-15(2)22-11-16;1-19(25,13-8-21-12-22-9-13)11-24-17-4-3-14(20)7-15(17)16-10-23(2)6-5-18(16)24/h4-7,10-11,26H,8-9,12-13H2,1-3H3;4-7,10-11,21,25H,8-9,12-13H2,1-3H3;3-4,7-9,12,25H,5-6,10-11H2,1-2H3/t;21-;/m.1./s1. The molecular formula is C61H70Cl2N10O3. The zero-order valence-electron chi connectivity index (χ0n) is 45.0. The Morgan fingerprint density at radius 1 is 0.539 bits per heavy atom. The molecule has 2 unspecified atom stereocenters. The Hall–Kier alpha value is -6.00. The predicted octanol–water partition coefficient (Wildman–Crippen LogP) is 10.2. The maximum atomic E-state index is 11.2. The van der Waals surface area contributed by atoms with Crippen LogP contribution in [0.5, 0.6) is 0 Å². The van der Waals surface area contributed by atoms with Gasteiger partial charge in [0.2, 0.25) is 0 Å². The van der Waals surface area contributed by atoms with Crippen LogP contribution in [0.4, 0.5) is 0 Å². The van der Waals surface area contributed by atoms with Gasteiger partial charge >= 0.3 is 0 Å². The molecule has 396 valence electrons. The summed E-state index contributed by atoms with van der Waals surface area (Å²) in [6.07, 6.45) is 10.8. The van der Waals surface area contributed by atoms with Crippen molar-refractivity contribution in [2.24, 2.45) is 0 Å². The first-order chi connectivity index (χ1) is 36.3. The van der Waals surface area contributed by atoms with Crippen molar-refractivity contribution < 1.29 is 15.3 Å². The summed E-state index contributed by atoms with van der Waals surface area (Å²) < 4.78 is 6.83. The largest absolute Gasteiger partial charge is 0.386 e.